The van der Waals surface area contributed by atoms with Crippen LogP contribution in [0.4, 0.5) is 8.78 Å². The van der Waals surface area contributed by atoms with Crippen molar-refractivity contribution in [3.05, 3.63) is 65.7 Å². The van der Waals surface area contributed by atoms with Gasteiger partial charge in [0.05, 0.1) is 19.3 Å². The summed E-state index contributed by atoms with van der Waals surface area (Å²) in [4.78, 5) is 15.4. The van der Waals surface area contributed by atoms with Gasteiger partial charge in [0, 0.05) is 30.1 Å². The maximum absolute atomic E-state index is 12.7. The molecule has 0 spiro atoms. The number of morpholine rings is 1. The molecule has 2 aromatic carbocycles. The van der Waals surface area contributed by atoms with Crippen molar-refractivity contribution in [2.45, 2.75) is 16.7 Å². The second kappa shape index (κ2) is 9.82. The maximum Gasteiger partial charge on any atom is 0.288 e. The van der Waals surface area contributed by atoms with Gasteiger partial charge < -0.3 is 10.1 Å². The van der Waals surface area contributed by atoms with Gasteiger partial charge in [0.2, 0.25) is 0 Å². The molecule has 1 fully saturated rings. The van der Waals surface area contributed by atoms with Gasteiger partial charge in [-0.2, -0.15) is 8.78 Å². The van der Waals surface area contributed by atoms with E-state index in [4.69, 9.17) is 4.74 Å². The Hall–Kier alpha value is -1.96. The summed E-state index contributed by atoms with van der Waals surface area (Å²) in [6.07, 6.45) is 0. The molecule has 1 saturated heterocycles. The molecule has 3 rings (SSSR count). The van der Waals surface area contributed by atoms with E-state index in [0.717, 1.165) is 18.7 Å². The molecule has 0 aromatic heterocycles. The summed E-state index contributed by atoms with van der Waals surface area (Å²) >= 11 is 0.469. The minimum Gasteiger partial charge on any atom is -0.379 e. The number of rotatable bonds is 7. The van der Waals surface area contributed by atoms with Crippen LogP contribution in [0.3, 0.4) is 0 Å². The Labute approximate surface area is 161 Å². The molecule has 1 amide bonds. The van der Waals surface area contributed by atoms with E-state index in [0.29, 0.717) is 42.0 Å². The van der Waals surface area contributed by atoms with Crippen molar-refractivity contribution in [2.75, 3.05) is 32.8 Å². The predicted octanol–water partition coefficient (Wildman–Crippen LogP) is 3.80. The van der Waals surface area contributed by atoms with E-state index in [2.05, 4.69) is 10.2 Å². The molecule has 7 heteroatoms. The summed E-state index contributed by atoms with van der Waals surface area (Å²) < 4.78 is 30.3. The Kier molecular flexibility index (Phi) is 7.20. The minimum atomic E-state index is -2.47. The quantitative estimate of drug-likeness (QED) is 0.728. The molecule has 1 heterocycles. The zero-order valence-corrected chi connectivity index (χ0v) is 15.6. The fourth-order valence-electron chi connectivity index (χ4n) is 2.99. The average Bonchev–Trinajstić information content (AvgIpc) is 2.69. The molecule has 1 aliphatic rings. The molecule has 1 atom stereocenters. The first-order valence-corrected chi connectivity index (χ1v) is 9.70. The van der Waals surface area contributed by atoms with Crippen molar-refractivity contribution in [3.63, 3.8) is 0 Å². The van der Waals surface area contributed by atoms with Crippen molar-refractivity contribution >= 4 is 17.7 Å². The monoisotopic (exact) mass is 392 g/mol. The smallest absolute Gasteiger partial charge is 0.288 e. The van der Waals surface area contributed by atoms with Crippen LogP contribution in [0.25, 0.3) is 0 Å². The number of nitrogens with zero attached hydrogens (tertiary/aromatic N) is 1. The molecule has 0 saturated carbocycles. The number of hydrogen-bond donors (Lipinski definition) is 1. The van der Waals surface area contributed by atoms with Crippen LogP contribution in [0, 0.1) is 0 Å². The molecule has 4 nitrogen and oxygen atoms in total. The molecule has 144 valence electrons. The van der Waals surface area contributed by atoms with Gasteiger partial charge in [-0.05, 0) is 29.8 Å². The summed E-state index contributed by atoms with van der Waals surface area (Å²) in [7, 11) is 0. The fraction of sp³-hybridized carbons (Fsp3) is 0.350. The van der Waals surface area contributed by atoms with Gasteiger partial charge in [0.1, 0.15) is 0 Å². The molecule has 1 N–H and O–H groups in total. The number of halogens is 2. The van der Waals surface area contributed by atoms with Crippen LogP contribution in [0.15, 0.2) is 59.5 Å². The lowest BCUT2D eigenvalue weighted by molar-refractivity contribution is 0.0332. The molecule has 27 heavy (non-hydrogen) atoms. The Morgan fingerprint density at radius 3 is 2.37 bits per heavy atom. The van der Waals surface area contributed by atoms with Crippen LogP contribution >= 0.6 is 11.8 Å². The number of thioether (sulfide) groups is 1. The SMILES string of the molecule is O=C(NC(CN1CCOCC1)c1ccccc1)c1ccc(SC(F)F)cc1. The lowest BCUT2D eigenvalue weighted by Gasteiger charge is -2.31. The van der Waals surface area contributed by atoms with E-state index < -0.39 is 5.76 Å². The first kappa shape index (κ1) is 19.8. The van der Waals surface area contributed by atoms with E-state index in [-0.39, 0.29) is 11.9 Å². The fourth-order valence-corrected chi connectivity index (χ4v) is 3.49. The molecule has 0 aliphatic carbocycles. The Morgan fingerprint density at radius 2 is 1.74 bits per heavy atom. The number of nitrogens with one attached hydrogen (secondary N) is 1. The zero-order chi connectivity index (χ0) is 19.1. The van der Waals surface area contributed by atoms with Crippen LogP contribution < -0.4 is 5.32 Å². The van der Waals surface area contributed by atoms with Crippen LogP contribution in [-0.2, 0) is 4.74 Å². The van der Waals surface area contributed by atoms with Crippen molar-refractivity contribution in [1.82, 2.24) is 10.2 Å². The number of carbonyl (C=O) groups is 1. The van der Waals surface area contributed by atoms with Gasteiger partial charge in [0.15, 0.2) is 0 Å². The number of alkyl halides is 2. The first-order valence-electron chi connectivity index (χ1n) is 8.82. The van der Waals surface area contributed by atoms with E-state index in [1.807, 2.05) is 30.3 Å². The highest BCUT2D eigenvalue weighted by Crippen LogP contribution is 2.25. The number of benzene rings is 2. The number of hydrogen-bond acceptors (Lipinski definition) is 4. The van der Waals surface area contributed by atoms with Gasteiger partial charge in [-0.25, -0.2) is 0 Å². The van der Waals surface area contributed by atoms with Gasteiger partial charge in [-0.3, -0.25) is 9.69 Å². The van der Waals surface area contributed by atoms with Crippen LogP contribution in [-0.4, -0.2) is 49.4 Å². The summed E-state index contributed by atoms with van der Waals surface area (Å²) in [6.45, 7) is 3.74. The van der Waals surface area contributed by atoms with E-state index >= 15 is 0 Å². The van der Waals surface area contributed by atoms with E-state index in [1.54, 1.807) is 24.3 Å². The highest BCUT2D eigenvalue weighted by molar-refractivity contribution is 7.99. The number of carbonyl (C=O) groups excluding carboxylic acids is 1. The second-order valence-corrected chi connectivity index (χ2v) is 7.32. The Balaban J connectivity index is 1.69. The number of amides is 1. The highest BCUT2D eigenvalue weighted by Gasteiger charge is 2.20. The van der Waals surface area contributed by atoms with Gasteiger partial charge in [-0.15, -0.1) is 0 Å². The molecule has 1 unspecified atom stereocenters. The molecular formula is C20H22F2N2O2S. The average molecular weight is 392 g/mol. The van der Waals surface area contributed by atoms with Gasteiger partial charge >= 0.3 is 0 Å². The molecule has 2 aromatic rings. The van der Waals surface area contributed by atoms with Crippen LogP contribution in [0.2, 0.25) is 0 Å². The lowest BCUT2D eigenvalue weighted by Crippen LogP contribution is -2.43. The first-order chi connectivity index (χ1) is 13.1. The lowest BCUT2D eigenvalue weighted by atomic mass is 10.1. The van der Waals surface area contributed by atoms with E-state index in [9.17, 15) is 13.6 Å². The topological polar surface area (TPSA) is 41.6 Å². The molecular weight excluding hydrogens is 370 g/mol. The third kappa shape index (κ3) is 6.02. The van der Waals surface area contributed by atoms with E-state index in [1.165, 1.54) is 0 Å². The van der Waals surface area contributed by atoms with Gasteiger partial charge in [0.25, 0.3) is 11.7 Å². The maximum atomic E-state index is 12.7. The molecule has 1 aliphatic heterocycles. The summed E-state index contributed by atoms with van der Waals surface area (Å²) in [6, 6.07) is 15.9. The van der Waals surface area contributed by atoms with Crippen molar-refractivity contribution in [1.29, 1.82) is 0 Å². The zero-order valence-electron chi connectivity index (χ0n) is 14.8. The second-order valence-electron chi connectivity index (χ2n) is 6.25. The van der Waals surface area contributed by atoms with Crippen molar-refractivity contribution < 1.29 is 18.3 Å². The largest absolute Gasteiger partial charge is 0.379 e. The van der Waals surface area contributed by atoms with Crippen LogP contribution in [0.5, 0.6) is 0 Å². The highest BCUT2D eigenvalue weighted by atomic mass is 32.2. The normalized spacial score (nSPS) is 16.3. The Bertz CT molecular complexity index is 723. The van der Waals surface area contributed by atoms with Crippen molar-refractivity contribution in [2.24, 2.45) is 0 Å². The third-order valence-electron chi connectivity index (χ3n) is 4.39. The summed E-state index contributed by atoms with van der Waals surface area (Å²) in [5, 5.41) is 3.08. The van der Waals surface area contributed by atoms with Crippen molar-refractivity contribution in [3.8, 4) is 0 Å². The van der Waals surface area contributed by atoms with Gasteiger partial charge in [-0.1, -0.05) is 42.1 Å². The molecule has 0 bridgehead atoms. The van der Waals surface area contributed by atoms with Crippen LogP contribution in [0.1, 0.15) is 22.0 Å². The number of ether oxygens (including phenoxy) is 1. The third-order valence-corrected chi connectivity index (χ3v) is 5.12. The molecule has 0 radical (unpaired) electrons. The standard InChI is InChI=1S/C20H22F2N2O2S/c21-20(22)27-17-8-6-16(7-9-17)19(25)23-18(15-4-2-1-3-5-15)14-24-10-12-26-13-11-24/h1-9,18,20H,10-14H2,(H,23,25). The summed E-state index contributed by atoms with van der Waals surface area (Å²) in [5.74, 6) is -2.69. The summed E-state index contributed by atoms with van der Waals surface area (Å²) in [5.41, 5.74) is 1.48. The minimum absolute atomic E-state index is 0.160. The Morgan fingerprint density at radius 1 is 1.07 bits per heavy atom. The predicted molar refractivity (Wildman–Crippen MR) is 102 cm³/mol.